The SMILES string of the molecule is CC(C)NC(=O)CNC(=O)COC(=O)c1nc(Cl)c(Cl)c(N)c1Cl. The molecule has 1 aromatic heterocycles. The van der Waals surface area contributed by atoms with Gasteiger partial charge in [0.05, 0.1) is 17.3 Å². The number of nitrogens with zero attached hydrogens (tertiary/aromatic N) is 1. The molecule has 4 N–H and O–H groups in total. The maximum Gasteiger partial charge on any atom is 0.359 e. The molecule has 0 saturated carbocycles. The third kappa shape index (κ3) is 5.70. The summed E-state index contributed by atoms with van der Waals surface area (Å²) in [6.45, 7) is 2.68. The molecule has 0 aromatic carbocycles. The molecule has 0 saturated heterocycles. The van der Waals surface area contributed by atoms with E-state index in [1.165, 1.54) is 0 Å². The Kier molecular flexibility index (Phi) is 7.53. The van der Waals surface area contributed by atoms with E-state index in [-0.39, 0.29) is 45.1 Å². The van der Waals surface area contributed by atoms with Crippen molar-refractivity contribution in [3.63, 3.8) is 0 Å². The Bertz CT molecular complexity index is 667. The lowest BCUT2D eigenvalue weighted by atomic mass is 10.3. The van der Waals surface area contributed by atoms with Crippen LogP contribution >= 0.6 is 34.8 Å². The number of nitrogens with two attached hydrogens (primary N) is 1. The highest BCUT2D eigenvalue weighted by molar-refractivity contribution is 6.46. The molecule has 1 heterocycles. The standard InChI is InChI=1S/C13H15Cl3N4O4/c1-5(2)19-6(21)3-18-7(22)4-24-13(23)11-8(14)10(17)9(15)12(16)20-11/h5H,3-4H2,1-2H3,(H2,17,20)(H,18,22)(H,19,21). The number of nitrogen functional groups attached to an aromatic ring is 1. The van der Waals surface area contributed by atoms with Gasteiger partial charge < -0.3 is 21.1 Å². The zero-order valence-electron chi connectivity index (χ0n) is 12.8. The van der Waals surface area contributed by atoms with Crippen molar-refractivity contribution in [2.45, 2.75) is 19.9 Å². The molecule has 1 rings (SSSR count). The van der Waals surface area contributed by atoms with Crippen molar-refractivity contribution >= 4 is 58.3 Å². The summed E-state index contributed by atoms with van der Waals surface area (Å²) in [5.74, 6) is -2.05. The molecule has 0 aliphatic rings. The molecule has 0 spiro atoms. The molecule has 0 atom stereocenters. The lowest BCUT2D eigenvalue weighted by Crippen LogP contribution is -2.41. The minimum atomic E-state index is -1.01. The van der Waals surface area contributed by atoms with Crippen LogP contribution < -0.4 is 16.4 Å². The molecule has 0 unspecified atom stereocenters. The number of anilines is 1. The Balaban J connectivity index is 2.58. The van der Waals surface area contributed by atoms with Crippen molar-refractivity contribution in [1.82, 2.24) is 15.6 Å². The van der Waals surface area contributed by atoms with E-state index in [1.54, 1.807) is 13.8 Å². The Labute approximate surface area is 153 Å². The highest BCUT2D eigenvalue weighted by Crippen LogP contribution is 2.34. The van der Waals surface area contributed by atoms with Gasteiger partial charge in [0.1, 0.15) is 5.02 Å². The summed E-state index contributed by atoms with van der Waals surface area (Å²) >= 11 is 17.3. The number of aromatic nitrogens is 1. The Morgan fingerprint density at radius 3 is 2.38 bits per heavy atom. The van der Waals surface area contributed by atoms with E-state index in [9.17, 15) is 14.4 Å². The minimum Gasteiger partial charge on any atom is -0.451 e. The van der Waals surface area contributed by atoms with E-state index in [0.29, 0.717) is 0 Å². The average Bonchev–Trinajstić information content (AvgIpc) is 2.51. The maximum atomic E-state index is 11.9. The number of carbonyl (C=O) groups excluding carboxylic acids is 3. The molecule has 1 aromatic rings. The van der Waals surface area contributed by atoms with Crippen LogP contribution in [-0.4, -0.2) is 42.0 Å². The van der Waals surface area contributed by atoms with Gasteiger partial charge in [-0.25, -0.2) is 9.78 Å². The molecule has 0 aliphatic carbocycles. The molecule has 0 fully saturated rings. The van der Waals surface area contributed by atoms with Crippen LogP contribution in [0.3, 0.4) is 0 Å². The monoisotopic (exact) mass is 396 g/mol. The summed E-state index contributed by atoms with van der Waals surface area (Å²) in [6.07, 6.45) is 0. The van der Waals surface area contributed by atoms with Crippen molar-refractivity contribution in [3.8, 4) is 0 Å². The largest absolute Gasteiger partial charge is 0.451 e. The molecule has 24 heavy (non-hydrogen) atoms. The van der Waals surface area contributed by atoms with Gasteiger partial charge in [0, 0.05) is 6.04 Å². The van der Waals surface area contributed by atoms with E-state index < -0.39 is 18.5 Å². The first-order chi connectivity index (χ1) is 11.1. The normalized spacial score (nSPS) is 10.4. The van der Waals surface area contributed by atoms with Crippen LogP contribution in [-0.2, 0) is 14.3 Å². The van der Waals surface area contributed by atoms with Crippen LogP contribution in [0.2, 0.25) is 15.2 Å². The topological polar surface area (TPSA) is 123 Å². The van der Waals surface area contributed by atoms with Gasteiger partial charge in [-0.15, -0.1) is 0 Å². The molecule has 0 bridgehead atoms. The quantitative estimate of drug-likeness (QED) is 0.493. The number of rotatable bonds is 6. The predicted molar refractivity (Wildman–Crippen MR) is 90.3 cm³/mol. The number of nitrogens with one attached hydrogen (secondary N) is 2. The first-order valence-electron chi connectivity index (χ1n) is 6.66. The Hall–Kier alpha value is -1.77. The van der Waals surface area contributed by atoms with Gasteiger partial charge in [-0.1, -0.05) is 34.8 Å². The summed E-state index contributed by atoms with van der Waals surface area (Å²) < 4.78 is 4.75. The number of hydrogen-bond acceptors (Lipinski definition) is 6. The fourth-order valence-corrected chi connectivity index (χ4v) is 2.05. The van der Waals surface area contributed by atoms with Gasteiger partial charge in [0.15, 0.2) is 17.5 Å². The lowest BCUT2D eigenvalue weighted by Gasteiger charge is -2.10. The second kappa shape index (κ2) is 8.91. The summed E-state index contributed by atoms with van der Waals surface area (Å²) in [4.78, 5) is 38.5. The van der Waals surface area contributed by atoms with Gasteiger partial charge in [-0.05, 0) is 13.8 Å². The number of pyridine rings is 1. The average molecular weight is 398 g/mol. The van der Waals surface area contributed by atoms with Crippen LogP contribution in [0.4, 0.5) is 5.69 Å². The maximum absolute atomic E-state index is 11.9. The van der Waals surface area contributed by atoms with Gasteiger partial charge in [-0.3, -0.25) is 9.59 Å². The number of hydrogen-bond donors (Lipinski definition) is 3. The van der Waals surface area contributed by atoms with Gasteiger partial charge in [0.25, 0.3) is 5.91 Å². The van der Waals surface area contributed by atoms with Crippen molar-refractivity contribution in [2.75, 3.05) is 18.9 Å². The van der Waals surface area contributed by atoms with Gasteiger partial charge in [-0.2, -0.15) is 0 Å². The number of esters is 1. The van der Waals surface area contributed by atoms with Gasteiger partial charge in [0.2, 0.25) is 5.91 Å². The van der Waals surface area contributed by atoms with Crippen LogP contribution in [0.1, 0.15) is 24.3 Å². The molecule has 11 heteroatoms. The van der Waals surface area contributed by atoms with Crippen molar-refractivity contribution in [1.29, 1.82) is 0 Å². The highest BCUT2D eigenvalue weighted by Gasteiger charge is 2.21. The minimum absolute atomic E-state index is 0.0550. The van der Waals surface area contributed by atoms with E-state index in [4.69, 9.17) is 45.3 Å². The predicted octanol–water partition coefficient (Wildman–Crippen LogP) is 1.42. The number of amides is 2. The smallest absolute Gasteiger partial charge is 0.359 e. The van der Waals surface area contributed by atoms with Crippen LogP contribution in [0.15, 0.2) is 0 Å². The Morgan fingerprint density at radius 1 is 1.17 bits per heavy atom. The van der Waals surface area contributed by atoms with Crippen LogP contribution in [0.5, 0.6) is 0 Å². The summed E-state index contributed by atoms with van der Waals surface area (Å²) in [7, 11) is 0. The molecular weight excluding hydrogens is 383 g/mol. The third-order valence-corrected chi connectivity index (χ3v) is 3.63. The summed E-state index contributed by atoms with van der Waals surface area (Å²) in [6, 6.07) is -0.0550. The fraction of sp³-hybridized carbons (Fsp3) is 0.385. The molecule has 0 radical (unpaired) electrons. The number of halogens is 3. The fourth-order valence-electron chi connectivity index (χ4n) is 1.47. The lowest BCUT2D eigenvalue weighted by molar-refractivity contribution is -0.128. The number of ether oxygens (including phenoxy) is 1. The Morgan fingerprint density at radius 2 is 1.79 bits per heavy atom. The van der Waals surface area contributed by atoms with Crippen LogP contribution in [0.25, 0.3) is 0 Å². The molecular formula is C13H15Cl3N4O4. The summed E-state index contributed by atoms with van der Waals surface area (Å²) in [5.41, 5.74) is 5.09. The first-order valence-corrected chi connectivity index (χ1v) is 7.80. The molecule has 2 amide bonds. The van der Waals surface area contributed by atoms with E-state index in [1.807, 2.05) is 0 Å². The zero-order valence-corrected chi connectivity index (χ0v) is 15.1. The van der Waals surface area contributed by atoms with Crippen molar-refractivity contribution < 1.29 is 19.1 Å². The molecule has 132 valence electrons. The number of carbonyl (C=O) groups is 3. The van der Waals surface area contributed by atoms with E-state index >= 15 is 0 Å². The third-order valence-electron chi connectivity index (χ3n) is 2.50. The van der Waals surface area contributed by atoms with Gasteiger partial charge >= 0.3 is 5.97 Å². The van der Waals surface area contributed by atoms with E-state index in [2.05, 4.69) is 15.6 Å². The van der Waals surface area contributed by atoms with Crippen molar-refractivity contribution in [3.05, 3.63) is 20.9 Å². The molecule has 8 nitrogen and oxygen atoms in total. The van der Waals surface area contributed by atoms with E-state index in [0.717, 1.165) is 0 Å². The zero-order chi connectivity index (χ0) is 18.4. The highest BCUT2D eigenvalue weighted by atomic mass is 35.5. The molecule has 0 aliphatic heterocycles. The van der Waals surface area contributed by atoms with Crippen molar-refractivity contribution in [2.24, 2.45) is 0 Å². The summed E-state index contributed by atoms with van der Waals surface area (Å²) in [5, 5.41) is 4.33. The second-order valence-corrected chi connectivity index (χ2v) is 5.98. The van der Waals surface area contributed by atoms with Crippen LogP contribution in [0, 0.1) is 0 Å². The first kappa shape index (κ1) is 20.3. The second-order valence-electron chi connectivity index (χ2n) is 4.87.